The summed E-state index contributed by atoms with van der Waals surface area (Å²) in [5, 5.41) is 15.7. The second kappa shape index (κ2) is 5.54. The smallest absolute Gasteiger partial charge is 0.264 e. The van der Waals surface area contributed by atoms with E-state index >= 15 is 0 Å². The van der Waals surface area contributed by atoms with Gasteiger partial charge in [0.25, 0.3) is 5.89 Å². The van der Waals surface area contributed by atoms with Gasteiger partial charge in [0.15, 0.2) is 12.4 Å². The molecule has 2 aromatic carbocycles. The lowest BCUT2D eigenvalue weighted by molar-refractivity contribution is 0.186. The van der Waals surface area contributed by atoms with E-state index in [0.717, 1.165) is 16.3 Å². The summed E-state index contributed by atoms with van der Waals surface area (Å²) in [6, 6.07) is 11.7. The van der Waals surface area contributed by atoms with E-state index in [2.05, 4.69) is 10.1 Å². The van der Waals surface area contributed by atoms with Crippen LogP contribution in [-0.4, -0.2) is 15.2 Å². The fourth-order valence-corrected chi connectivity index (χ4v) is 2.28. The van der Waals surface area contributed by atoms with Gasteiger partial charge in [-0.25, -0.2) is 0 Å². The molecule has 1 N–H and O–H groups in total. The summed E-state index contributed by atoms with van der Waals surface area (Å²) >= 11 is 0. The lowest BCUT2D eigenvalue weighted by Gasteiger charge is -2.15. The molecule has 0 saturated heterocycles. The fraction of sp³-hybridized carbons (Fsp3) is 0.250. The van der Waals surface area contributed by atoms with Crippen molar-refractivity contribution >= 4 is 10.8 Å². The van der Waals surface area contributed by atoms with Gasteiger partial charge in [-0.1, -0.05) is 41.6 Å². The van der Waals surface area contributed by atoms with Gasteiger partial charge in [-0.15, -0.1) is 0 Å². The van der Waals surface area contributed by atoms with Crippen molar-refractivity contribution in [2.75, 3.05) is 0 Å². The molecule has 0 spiro atoms. The molecule has 0 aliphatic rings. The monoisotopic (exact) mass is 284 g/mol. The number of nitrogens with zero attached hydrogens (tertiary/aromatic N) is 2. The number of benzene rings is 2. The Hall–Kier alpha value is -2.40. The van der Waals surface area contributed by atoms with Crippen LogP contribution < -0.4 is 4.74 Å². The molecule has 0 unspecified atom stereocenters. The highest BCUT2D eigenvalue weighted by Gasteiger charge is 2.14. The maximum Gasteiger partial charge on any atom is 0.264 e. The molecule has 3 rings (SSSR count). The van der Waals surface area contributed by atoms with Crippen molar-refractivity contribution in [3.8, 4) is 5.75 Å². The lowest BCUT2D eigenvalue weighted by atomic mass is 10.0. The average molecular weight is 284 g/mol. The van der Waals surface area contributed by atoms with Crippen LogP contribution in [0.3, 0.4) is 0 Å². The highest BCUT2D eigenvalue weighted by atomic mass is 16.5. The summed E-state index contributed by atoms with van der Waals surface area (Å²) in [5.41, 5.74) is 0.741. The molecule has 0 aliphatic heterocycles. The molecule has 1 aromatic heterocycles. The van der Waals surface area contributed by atoms with Crippen LogP contribution in [0.15, 0.2) is 40.9 Å². The minimum Gasteiger partial charge on any atom is -0.483 e. The van der Waals surface area contributed by atoms with E-state index in [1.165, 1.54) is 0 Å². The first kappa shape index (κ1) is 13.6. The predicted octanol–water partition coefficient (Wildman–Crippen LogP) is 3.16. The van der Waals surface area contributed by atoms with Crippen molar-refractivity contribution < 1.29 is 14.4 Å². The van der Waals surface area contributed by atoms with Crippen molar-refractivity contribution in [2.24, 2.45) is 0 Å². The summed E-state index contributed by atoms with van der Waals surface area (Å²) in [6.07, 6.45) is -0.617. The number of aryl methyl sites for hydroxylation is 1. The molecule has 0 radical (unpaired) electrons. The van der Waals surface area contributed by atoms with Crippen LogP contribution in [-0.2, 0) is 6.61 Å². The molecule has 0 fully saturated rings. The Morgan fingerprint density at radius 1 is 1.24 bits per heavy atom. The zero-order chi connectivity index (χ0) is 14.8. The molecule has 3 aromatic rings. The van der Waals surface area contributed by atoms with E-state index in [9.17, 15) is 5.11 Å². The van der Waals surface area contributed by atoms with E-state index < -0.39 is 6.10 Å². The van der Waals surface area contributed by atoms with Crippen LogP contribution in [0.4, 0.5) is 0 Å². The quantitative estimate of drug-likeness (QED) is 0.797. The van der Waals surface area contributed by atoms with Crippen LogP contribution in [0.2, 0.25) is 0 Å². The zero-order valence-corrected chi connectivity index (χ0v) is 11.9. The average Bonchev–Trinajstić information content (AvgIpc) is 2.90. The number of ether oxygens (including phenoxy) is 1. The normalized spacial score (nSPS) is 12.5. The molecule has 5 nitrogen and oxygen atoms in total. The van der Waals surface area contributed by atoms with Crippen molar-refractivity contribution in [1.29, 1.82) is 0 Å². The van der Waals surface area contributed by atoms with Gasteiger partial charge >= 0.3 is 0 Å². The molecule has 0 aliphatic carbocycles. The highest BCUT2D eigenvalue weighted by molar-refractivity contribution is 5.89. The van der Waals surface area contributed by atoms with Gasteiger partial charge in [0.2, 0.25) is 0 Å². The van der Waals surface area contributed by atoms with Crippen molar-refractivity contribution in [2.45, 2.75) is 26.6 Å². The molecule has 0 amide bonds. The molecule has 1 atom stereocenters. The number of fused-ring (bicyclic) bond motifs is 1. The Kier molecular flexibility index (Phi) is 3.58. The van der Waals surface area contributed by atoms with E-state index in [1.807, 2.05) is 36.4 Å². The Morgan fingerprint density at radius 3 is 2.76 bits per heavy atom. The number of aliphatic hydroxyl groups is 1. The van der Waals surface area contributed by atoms with E-state index in [0.29, 0.717) is 17.5 Å². The number of aliphatic hydroxyl groups excluding tert-OH is 1. The third kappa shape index (κ3) is 2.73. The number of rotatable bonds is 4. The molecule has 0 saturated carbocycles. The van der Waals surface area contributed by atoms with Crippen molar-refractivity contribution in [1.82, 2.24) is 10.1 Å². The number of hydrogen-bond donors (Lipinski definition) is 1. The molecule has 0 bridgehead atoms. The Bertz CT molecular complexity index is 765. The molecule has 108 valence electrons. The predicted molar refractivity (Wildman–Crippen MR) is 77.9 cm³/mol. The summed E-state index contributed by atoms with van der Waals surface area (Å²) < 4.78 is 10.9. The second-order valence-electron chi connectivity index (χ2n) is 4.91. The summed E-state index contributed by atoms with van der Waals surface area (Å²) in [6.45, 7) is 3.65. The van der Waals surface area contributed by atoms with Gasteiger partial charge < -0.3 is 14.4 Å². The van der Waals surface area contributed by atoms with Crippen LogP contribution in [0.1, 0.15) is 30.3 Å². The van der Waals surface area contributed by atoms with Gasteiger partial charge in [0.1, 0.15) is 5.75 Å². The topological polar surface area (TPSA) is 68.4 Å². The SMILES string of the molecule is Cc1noc(COc2c([C@H](C)O)ccc3ccccc23)n1. The third-order valence-electron chi connectivity index (χ3n) is 3.27. The van der Waals surface area contributed by atoms with E-state index in [4.69, 9.17) is 9.26 Å². The fourth-order valence-electron chi connectivity index (χ4n) is 2.28. The highest BCUT2D eigenvalue weighted by Crippen LogP contribution is 2.34. The third-order valence-corrected chi connectivity index (χ3v) is 3.27. The molecule has 21 heavy (non-hydrogen) atoms. The molecule has 1 heterocycles. The Morgan fingerprint density at radius 2 is 2.05 bits per heavy atom. The standard InChI is InChI=1S/C16H16N2O3/c1-10(19)13-8-7-12-5-3-4-6-14(12)16(13)20-9-15-17-11(2)18-21-15/h3-8,10,19H,9H2,1-2H3/t10-/m0/s1. The van der Waals surface area contributed by atoms with Crippen LogP contribution >= 0.6 is 0 Å². The van der Waals surface area contributed by atoms with Crippen LogP contribution in [0.5, 0.6) is 5.75 Å². The summed E-state index contributed by atoms with van der Waals surface area (Å²) in [4.78, 5) is 4.12. The Labute approximate surface area is 122 Å². The summed E-state index contributed by atoms with van der Waals surface area (Å²) in [5.74, 6) is 1.64. The van der Waals surface area contributed by atoms with Crippen molar-refractivity contribution in [3.63, 3.8) is 0 Å². The Balaban J connectivity index is 1.99. The first-order chi connectivity index (χ1) is 10.1. The van der Waals surface area contributed by atoms with E-state index in [-0.39, 0.29) is 6.61 Å². The molecular weight excluding hydrogens is 268 g/mol. The molecular formula is C16H16N2O3. The second-order valence-corrected chi connectivity index (χ2v) is 4.91. The minimum absolute atomic E-state index is 0.175. The maximum absolute atomic E-state index is 9.93. The van der Waals surface area contributed by atoms with Crippen LogP contribution in [0, 0.1) is 6.92 Å². The van der Waals surface area contributed by atoms with E-state index in [1.54, 1.807) is 13.8 Å². The first-order valence-electron chi connectivity index (χ1n) is 6.77. The van der Waals surface area contributed by atoms with Gasteiger partial charge in [-0.2, -0.15) is 4.98 Å². The molecule has 5 heteroatoms. The summed E-state index contributed by atoms with van der Waals surface area (Å²) in [7, 11) is 0. The van der Waals surface area contributed by atoms with Gasteiger partial charge in [0, 0.05) is 10.9 Å². The minimum atomic E-state index is -0.617. The zero-order valence-electron chi connectivity index (χ0n) is 11.9. The van der Waals surface area contributed by atoms with Gasteiger partial charge in [-0.05, 0) is 19.2 Å². The number of hydrogen-bond acceptors (Lipinski definition) is 5. The first-order valence-corrected chi connectivity index (χ1v) is 6.77. The van der Waals surface area contributed by atoms with Gasteiger partial charge in [0.05, 0.1) is 6.10 Å². The van der Waals surface area contributed by atoms with Gasteiger partial charge in [-0.3, -0.25) is 0 Å². The number of aromatic nitrogens is 2. The largest absolute Gasteiger partial charge is 0.483 e. The maximum atomic E-state index is 9.93. The lowest BCUT2D eigenvalue weighted by Crippen LogP contribution is -2.02. The van der Waals surface area contributed by atoms with Crippen molar-refractivity contribution in [3.05, 3.63) is 53.7 Å². The van der Waals surface area contributed by atoms with Crippen LogP contribution in [0.25, 0.3) is 10.8 Å².